The molecule has 0 saturated carbocycles. The van der Waals surface area contributed by atoms with Crippen molar-refractivity contribution in [2.75, 3.05) is 0 Å². The first-order valence-electron chi connectivity index (χ1n) is 5.43. The molecule has 2 rings (SSSR count). The molecule has 0 amide bonds. The molecule has 2 aromatic rings. The van der Waals surface area contributed by atoms with Crippen molar-refractivity contribution in [1.29, 1.82) is 0 Å². The number of nitrogens with one attached hydrogen (secondary N) is 1. The molecule has 6 nitrogen and oxygen atoms in total. The van der Waals surface area contributed by atoms with Gasteiger partial charge in [-0.1, -0.05) is 0 Å². The Labute approximate surface area is 102 Å². The third-order valence-corrected chi connectivity index (χ3v) is 2.57. The van der Waals surface area contributed by atoms with Gasteiger partial charge in [0.15, 0.2) is 11.6 Å². The smallest absolute Gasteiger partial charge is 0.303 e. The molecule has 2 N–H and O–H groups in total. The summed E-state index contributed by atoms with van der Waals surface area (Å²) in [5.41, 5.74) is 0.592. The van der Waals surface area contributed by atoms with E-state index in [1.165, 1.54) is 6.26 Å². The fourth-order valence-electron chi connectivity index (χ4n) is 1.67. The number of carboxylic acids is 1. The summed E-state index contributed by atoms with van der Waals surface area (Å²) in [7, 11) is 0. The Balaban J connectivity index is 2.35. The fraction of sp³-hybridized carbons (Fsp3) is 0.250. The fourth-order valence-corrected chi connectivity index (χ4v) is 1.67. The van der Waals surface area contributed by atoms with Gasteiger partial charge in [0.05, 0.1) is 6.26 Å². The van der Waals surface area contributed by atoms with Crippen LogP contribution in [-0.2, 0) is 11.2 Å². The molecule has 0 bridgehead atoms. The summed E-state index contributed by atoms with van der Waals surface area (Å²) in [5, 5.41) is 8.61. The number of hydrogen-bond acceptors (Lipinski definition) is 4. The summed E-state index contributed by atoms with van der Waals surface area (Å²) < 4.78 is 5.14. The van der Waals surface area contributed by atoms with Crippen molar-refractivity contribution in [3.63, 3.8) is 0 Å². The second-order valence-corrected chi connectivity index (χ2v) is 3.85. The number of hydrogen-bond donors (Lipinski definition) is 2. The van der Waals surface area contributed by atoms with E-state index >= 15 is 0 Å². The largest absolute Gasteiger partial charge is 0.481 e. The van der Waals surface area contributed by atoms with Crippen LogP contribution in [0.5, 0.6) is 0 Å². The van der Waals surface area contributed by atoms with Gasteiger partial charge in [0.25, 0.3) is 5.56 Å². The van der Waals surface area contributed by atoms with Crippen LogP contribution < -0.4 is 5.56 Å². The molecule has 0 spiro atoms. The van der Waals surface area contributed by atoms with Crippen LogP contribution in [0.25, 0.3) is 11.6 Å². The first kappa shape index (κ1) is 12.1. The average molecular weight is 248 g/mol. The topological polar surface area (TPSA) is 96.2 Å². The first-order chi connectivity index (χ1) is 8.58. The van der Waals surface area contributed by atoms with Crippen molar-refractivity contribution in [2.45, 2.75) is 19.8 Å². The zero-order valence-corrected chi connectivity index (χ0v) is 9.77. The van der Waals surface area contributed by atoms with Gasteiger partial charge >= 0.3 is 5.97 Å². The highest BCUT2D eigenvalue weighted by molar-refractivity contribution is 5.67. The molecule has 94 valence electrons. The number of nitrogens with zero attached hydrogens (tertiary/aromatic N) is 1. The molecule has 0 aliphatic rings. The summed E-state index contributed by atoms with van der Waals surface area (Å²) >= 11 is 0. The lowest BCUT2D eigenvalue weighted by Crippen LogP contribution is -2.18. The van der Waals surface area contributed by atoms with Gasteiger partial charge in [0.2, 0.25) is 0 Å². The number of carboxylic acid groups (broad SMARTS) is 1. The molecule has 6 heteroatoms. The number of carbonyl (C=O) groups is 1. The third kappa shape index (κ3) is 2.48. The highest BCUT2D eigenvalue weighted by Gasteiger charge is 2.12. The first-order valence-corrected chi connectivity index (χ1v) is 5.43. The van der Waals surface area contributed by atoms with E-state index in [4.69, 9.17) is 9.52 Å². The predicted molar refractivity (Wildman–Crippen MR) is 63.3 cm³/mol. The van der Waals surface area contributed by atoms with Gasteiger partial charge in [-0.15, -0.1) is 0 Å². The molecular formula is C12H12N2O4. The Hall–Kier alpha value is -2.37. The van der Waals surface area contributed by atoms with Crippen LogP contribution >= 0.6 is 0 Å². The van der Waals surface area contributed by atoms with Crippen LogP contribution in [0.15, 0.2) is 27.6 Å². The van der Waals surface area contributed by atoms with Crippen LogP contribution in [0.1, 0.15) is 17.7 Å². The second-order valence-electron chi connectivity index (χ2n) is 3.85. The molecule has 18 heavy (non-hydrogen) atoms. The molecule has 0 atom stereocenters. The minimum absolute atomic E-state index is 0.0916. The van der Waals surface area contributed by atoms with Gasteiger partial charge in [-0.2, -0.15) is 0 Å². The minimum atomic E-state index is -0.941. The van der Waals surface area contributed by atoms with E-state index in [0.29, 0.717) is 22.8 Å². The maximum Gasteiger partial charge on any atom is 0.303 e. The number of rotatable bonds is 4. The molecule has 0 unspecified atom stereocenters. The SMILES string of the molecule is Cc1nc(-c2ccco2)[nH]c(=O)c1CCC(=O)O. The molecular weight excluding hydrogens is 236 g/mol. The lowest BCUT2D eigenvalue weighted by atomic mass is 10.1. The van der Waals surface area contributed by atoms with Crippen molar-refractivity contribution >= 4 is 5.97 Å². The molecule has 2 heterocycles. The molecule has 0 fully saturated rings. The van der Waals surface area contributed by atoms with Crippen LogP contribution in [0.2, 0.25) is 0 Å². The summed E-state index contributed by atoms with van der Waals surface area (Å²) in [4.78, 5) is 29.1. The Morgan fingerprint density at radius 3 is 2.89 bits per heavy atom. The Morgan fingerprint density at radius 1 is 1.56 bits per heavy atom. The van der Waals surface area contributed by atoms with Gasteiger partial charge < -0.3 is 14.5 Å². The van der Waals surface area contributed by atoms with Crippen molar-refractivity contribution in [2.24, 2.45) is 0 Å². The number of H-pyrrole nitrogens is 1. The van der Waals surface area contributed by atoms with Crippen LogP contribution in [0.4, 0.5) is 0 Å². The zero-order valence-electron chi connectivity index (χ0n) is 9.77. The van der Waals surface area contributed by atoms with E-state index in [1.807, 2.05) is 0 Å². The van der Waals surface area contributed by atoms with Gasteiger partial charge in [-0.05, 0) is 25.5 Å². The normalized spacial score (nSPS) is 10.5. The average Bonchev–Trinajstić information content (AvgIpc) is 2.80. The lowest BCUT2D eigenvalue weighted by molar-refractivity contribution is -0.136. The minimum Gasteiger partial charge on any atom is -0.481 e. The zero-order chi connectivity index (χ0) is 13.1. The number of aromatic amines is 1. The van der Waals surface area contributed by atoms with Crippen molar-refractivity contribution in [3.8, 4) is 11.6 Å². The van der Waals surface area contributed by atoms with Crippen molar-refractivity contribution < 1.29 is 14.3 Å². The Bertz CT molecular complexity index is 614. The highest BCUT2D eigenvalue weighted by atomic mass is 16.4. The molecule has 0 aliphatic heterocycles. The standard InChI is InChI=1S/C12H12N2O4/c1-7-8(4-5-10(15)16)12(17)14-11(13-7)9-3-2-6-18-9/h2-3,6H,4-5H2,1H3,(H,15,16)(H,13,14,17). The van der Waals surface area contributed by atoms with E-state index < -0.39 is 5.97 Å². The van der Waals surface area contributed by atoms with E-state index in [0.717, 1.165) is 0 Å². The summed E-state index contributed by atoms with van der Waals surface area (Å²) in [6, 6.07) is 3.39. The second kappa shape index (κ2) is 4.87. The van der Waals surface area contributed by atoms with Gasteiger partial charge in [0.1, 0.15) is 0 Å². The van der Waals surface area contributed by atoms with Crippen LogP contribution in [0.3, 0.4) is 0 Å². The third-order valence-electron chi connectivity index (χ3n) is 2.57. The monoisotopic (exact) mass is 248 g/mol. The van der Waals surface area contributed by atoms with E-state index in [9.17, 15) is 9.59 Å². The molecule has 0 aromatic carbocycles. The van der Waals surface area contributed by atoms with Crippen LogP contribution in [-0.4, -0.2) is 21.0 Å². The maximum atomic E-state index is 11.8. The van der Waals surface area contributed by atoms with E-state index in [1.54, 1.807) is 19.1 Å². The maximum absolute atomic E-state index is 11.8. The van der Waals surface area contributed by atoms with Gasteiger partial charge in [0, 0.05) is 17.7 Å². The molecule has 0 radical (unpaired) electrons. The predicted octanol–water partition coefficient (Wildman–Crippen LogP) is 1.36. The molecule has 0 saturated heterocycles. The Kier molecular flexibility index (Phi) is 3.27. The highest BCUT2D eigenvalue weighted by Crippen LogP contribution is 2.15. The summed E-state index contributed by atoms with van der Waals surface area (Å²) in [6.45, 7) is 1.68. The summed E-state index contributed by atoms with van der Waals surface area (Å²) in [5.74, 6) is -0.120. The van der Waals surface area contributed by atoms with Crippen molar-refractivity contribution in [3.05, 3.63) is 40.0 Å². The number of aromatic nitrogens is 2. The summed E-state index contributed by atoms with van der Waals surface area (Å²) in [6.07, 6.45) is 1.57. The van der Waals surface area contributed by atoms with E-state index in [2.05, 4.69) is 9.97 Å². The number of aryl methyl sites for hydroxylation is 1. The number of furan rings is 1. The number of aliphatic carboxylic acids is 1. The Morgan fingerprint density at radius 2 is 2.33 bits per heavy atom. The van der Waals surface area contributed by atoms with Crippen LogP contribution in [0, 0.1) is 6.92 Å². The van der Waals surface area contributed by atoms with E-state index in [-0.39, 0.29) is 18.4 Å². The van der Waals surface area contributed by atoms with Gasteiger partial charge in [-0.25, -0.2) is 4.98 Å². The molecule has 2 aromatic heterocycles. The van der Waals surface area contributed by atoms with Gasteiger partial charge in [-0.3, -0.25) is 9.59 Å². The lowest BCUT2D eigenvalue weighted by Gasteiger charge is -2.04. The molecule has 0 aliphatic carbocycles. The quantitative estimate of drug-likeness (QED) is 0.851. The van der Waals surface area contributed by atoms with Crippen molar-refractivity contribution in [1.82, 2.24) is 9.97 Å².